The number of aromatic nitrogens is 2. The Kier molecular flexibility index (Phi) is 3.96. The van der Waals surface area contributed by atoms with Crippen molar-refractivity contribution in [3.05, 3.63) is 24.3 Å². The molecule has 6 heteroatoms. The van der Waals surface area contributed by atoms with Crippen LogP contribution in [0.4, 0.5) is 0 Å². The summed E-state index contributed by atoms with van der Waals surface area (Å²) in [6, 6.07) is 0. The number of amides is 1. The molecule has 1 saturated heterocycles. The Morgan fingerprint density at radius 1 is 1.65 bits per heavy atom. The van der Waals surface area contributed by atoms with E-state index in [-0.39, 0.29) is 11.5 Å². The lowest BCUT2D eigenvalue weighted by molar-refractivity contribution is 0.0136. The van der Waals surface area contributed by atoms with Crippen molar-refractivity contribution in [2.75, 3.05) is 25.2 Å². The standard InChI is InChI=1S/C11H15N3O2S/c1-16-11(2-5-17-8-11)7-14-10(15)9-6-12-3-4-13-9/h3-4,6H,2,5,7-8H2,1H3,(H,14,15). The highest BCUT2D eigenvalue weighted by atomic mass is 32.2. The van der Waals surface area contributed by atoms with Gasteiger partial charge in [-0.2, -0.15) is 11.8 Å². The molecule has 0 bridgehead atoms. The molecule has 1 atom stereocenters. The summed E-state index contributed by atoms with van der Waals surface area (Å²) < 4.78 is 5.51. The summed E-state index contributed by atoms with van der Waals surface area (Å²) in [6.45, 7) is 0.520. The van der Waals surface area contributed by atoms with Gasteiger partial charge in [-0.25, -0.2) is 4.98 Å². The highest BCUT2D eigenvalue weighted by molar-refractivity contribution is 7.99. The predicted molar refractivity (Wildman–Crippen MR) is 66.0 cm³/mol. The third-order valence-corrected chi connectivity index (χ3v) is 4.09. The van der Waals surface area contributed by atoms with Gasteiger partial charge in [0.25, 0.3) is 5.91 Å². The van der Waals surface area contributed by atoms with Crippen molar-refractivity contribution in [1.29, 1.82) is 0 Å². The number of nitrogens with one attached hydrogen (secondary N) is 1. The molecule has 2 rings (SSSR count). The molecule has 2 heterocycles. The highest BCUT2D eigenvalue weighted by Crippen LogP contribution is 2.30. The highest BCUT2D eigenvalue weighted by Gasteiger charge is 2.34. The summed E-state index contributed by atoms with van der Waals surface area (Å²) in [7, 11) is 1.69. The van der Waals surface area contributed by atoms with Crippen molar-refractivity contribution in [2.24, 2.45) is 0 Å². The van der Waals surface area contributed by atoms with Crippen LogP contribution in [0.1, 0.15) is 16.9 Å². The van der Waals surface area contributed by atoms with Crippen molar-refractivity contribution >= 4 is 17.7 Å². The fourth-order valence-electron chi connectivity index (χ4n) is 1.71. The van der Waals surface area contributed by atoms with E-state index in [9.17, 15) is 4.79 Å². The van der Waals surface area contributed by atoms with Gasteiger partial charge in [0.05, 0.1) is 11.8 Å². The van der Waals surface area contributed by atoms with E-state index in [1.54, 1.807) is 13.3 Å². The molecule has 1 amide bonds. The fourth-order valence-corrected chi connectivity index (χ4v) is 3.11. The largest absolute Gasteiger partial charge is 0.376 e. The number of thioether (sulfide) groups is 1. The first-order valence-corrected chi connectivity index (χ1v) is 6.58. The number of nitrogens with zero attached hydrogens (tertiary/aromatic N) is 2. The molecule has 92 valence electrons. The molecule has 1 aromatic rings. The SMILES string of the molecule is COC1(CNC(=O)c2cnccn2)CCSC1. The van der Waals surface area contributed by atoms with Gasteiger partial charge in [-0.1, -0.05) is 0 Å². The topological polar surface area (TPSA) is 64.1 Å². The van der Waals surface area contributed by atoms with E-state index in [0.717, 1.165) is 17.9 Å². The molecule has 1 fully saturated rings. The number of methoxy groups -OCH3 is 1. The summed E-state index contributed by atoms with van der Waals surface area (Å²) in [6.07, 6.45) is 5.47. The van der Waals surface area contributed by atoms with E-state index in [1.165, 1.54) is 12.4 Å². The molecule has 0 aliphatic carbocycles. The second-order valence-corrected chi connectivity index (χ2v) is 5.07. The minimum atomic E-state index is -0.220. The minimum Gasteiger partial charge on any atom is -0.376 e. The summed E-state index contributed by atoms with van der Waals surface area (Å²) in [5.41, 5.74) is 0.118. The van der Waals surface area contributed by atoms with Gasteiger partial charge < -0.3 is 10.1 Å². The van der Waals surface area contributed by atoms with Gasteiger partial charge in [0.2, 0.25) is 0 Å². The first-order valence-electron chi connectivity index (χ1n) is 5.43. The first-order chi connectivity index (χ1) is 8.26. The Morgan fingerprint density at radius 2 is 2.53 bits per heavy atom. The summed E-state index contributed by atoms with van der Waals surface area (Å²) in [5.74, 6) is 1.80. The van der Waals surface area contributed by atoms with Gasteiger partial charge in [0, 0.05) is 31.8 Å². The lowest BCUT2D eigenvalue weighted by atomic mass is 10.0. The van der Waals surface area contributed by atoms with Crippen LogP contribution in [0.15, 0.2) is 18.6 Å². The molecular formula is C11H15N3O2S. The van der Waals surface area contributed by atoms with Crippen LogP contribution >= 0.6 is 11.8 Å². The molecule has 0 spiro atoms. The monoisotopic (exact) mass is 253 g/mol. The van der Waals surface area contributed by atoms with Crippen molar-refractivity contribution in [2.45, 2.75) is 12.0 Å². The van der Waals surface area contributed by atoms with Gasteiger partial charge in [0.1, 0.15) is 5.69 Å². The summed E-state index contributed by atoms with van der Waals surface area (Å²) in [5, 5.41) is 2.85. The normalized spacial score (nSPS) is 23.6. The maximum atomic E-state index is 11.8. The third kappa shape index (κ3) is 2.95. The Morgan fingerprint density at radius 3 is 3.12 bits per heavy atom. The molecule has 1 unspecified atom stereocenters. The summed E-state index contributed by atoms with van der Waals surface area (Å²) in [4.78, 5) is 19.6. The molecule has 1 N–H and O–H groups in total. The second kappa shape index (κ2) is 5.46. The Labute approximate surface area is 104 Å². The van der Waals surface area contributed by atoms with Crippen LogP contribution in [0.3, 0.4) is 0 Å². The van der Waals surface area contributed by atoms with Crippen LogP contribution < -0.4 is 5.32 Å². The van der Waals surface area contributed by atoms with E-state index in [2.05, 4.69) is 15.3 Å². The number of carbonyl (C=O) groups is 1. The van der Waals surface area contributed by atoms with Crippen molar-refractivity contribution in [3.8, 4) is 0 Å². The maximum absolute atomic E-state index is 11.8. The number of hydrogen-bond donors (Lipinski definition) is 1. The predicted octanol–water partition coefficient (Wildman–Crippen LogP) is 0.728. The Bertz CT molecular complexity index is 380. The van der Waals surface area contributed by atoms with Gasteiger partial charge in [0.15, 0.2) is 0 Å². The molecule has 1 aliphatic heterocycles. The van der Waals surface area contributed by atoms with Crippen LogP contribution in [0.5, 0.6) is 0 Å². The molecule has 0 radical (unpaired) electrons. The molecule has 0 saturated carbocycles. The Balaban J connectivity index is 1.92. The third-order valence-electron chi connectivity index (χ3n) is 2.87. The number of hydrogen-bond acceptors (Lipinski definition) is 5. The molecular weight excluding hydrogens is 238 g/mol. The van der Waals surface area contributed by atoms with E-state index in [0.29, 0.717) is 12.2 Å². The minimum absolute atomic E-state index is 0.202. The zero-order valence-electron chi connectivity index (χ0n) is 9.68. The molecule has 1 aliphatic rings. The van der Waals surface area contributed by atoms with Gasteiger partial charge in [-0.3, -0.25) is 9.78 Å². The molecule has 5 nitrogen and oxygen atoms in total. The summed E-state index contributed by atoms with van der Waals surface area (Å²) >= 11 is 1.85. The van der Waals surface area contributed by atoms with E-state index >= 15 is 0 Å². The van der Waals surface area contributed by atoms with E-state index < -0.39 is 0 Å². The van der Waals surface area contributed by atoms with Crippen molar-refractivity contribution in [3.63, 3.8) is 0 Å². The van der Waals surface area contributed by atoms with Gasteiger partial charge in [-0.05, 0) is 12.2 Å². The number of rotatable bonds is 4. The quantitative estimate of drug-likeness (QED) is 0.857. The van der Waals surface area contributed by atoms with E-state index in [4.69, 9.17) is 4.74 Å². The van der Waals surface area contributed by atoms with Gasteiger partial charge >= 0.3 is 0 Å². The smallest absolute Gasteiger partial charge is 0.271 e. The van der Waals surface area contributed by atoms with Crippen molar-refractivity contribution < 1.29 is 9.53 Å². The number of carbonyl (C=O) groups excluding carboxylic acids is 1. The zero-order chi connectivity index (χ0) is 12.1. The maximum Gasteiger partial charge on any atom is 0.271 e. The lowest BCUT2D eigenvalue weighted by Gasteiger charge is -2.26. The van der Waals surface area contributed by atoms with Crippen LogP contribution in [0, 0.1) is 0 Å². The average molecular weight is 253 g/mol. The van der Waals surface area contributed by atoms with E-state index in [1.807, 2.05) is 11.8 Å². The Hall–Kier alpha value is -1.14. The first kappa shape index (κ1) is 12.3. The second-order valence-electron chi connectivity index (χ2n) is 3.96. The van der Waals surface area contributed by atoms with Gasteiger partial charge in [-0.15, -0.1) is 0 Å². The van der Waals surface area contributed by atoms with Crippen LogP contribution in [-0.2, 0) is 4.74 Å². The molecule has 0 aromatic carbocycles. The van der Waals surface area contributed by atoms with Crippen molar-refractivity contribution in [1.82, 2.24) is 15.3 Å². The number of ether oxygens (including phenoxy) is 1. The average Bonchev–Trinajstić information content (AvgIpc) is 2.86. The van der Waals surface area contributed by atoms with Crippen LogP contribution in [-0.4, -0.2) is 46.6 Å². The zero-order valence-corrected chi connectivity index (χ0v) is 10.5. The lowest BCUT2D eigenvalue weighted by Crippen LogP contribution is -2.44. The fraction of sp³-hybridized carbons (Fsp3) is 0.545. The van der Waals surface area contributed by atoms with Crippen LogP contribution in [0.2, 0.25) is 0 Å². The molecule has 17 heavy (non-hydrogen) atoms. The molecule has 1 aromatic heterocycles. The van der Waals surface area contributed by atoms with Crippen LogP contribution in [0.25, 0.3) is 0 Å².